The van der Waals surface area contributed by atoms with Crippen LogP contribution in [0, 0.1) is 34.5 Å². The molecule has 5 nitrogen and oxygen atoms in total. The molecule has 0 saturated heterocycles. The van der Waals surface area contributed by atoms with Gasteiger partial charge in [-0.3, -0.25) is 9.59 Å². The minimum atomic E-state index is -0.442. The Balaban J connectivity index is 1.69. The molecule has 0 aromatic rings. The summed E-state index contributed by atoms with van der Waals surface area (Å²) in [5.74, 6) is 0.792. The molecule has 0 bridgehead atoms. The van der Waals surface area contributed by atoms with E-state index in [1.165, 1.54) is 0 Å². The van der Waals surface area contributed by atoms with Gasteiger partial charge < -0.3 is 15.3 Å². The zero-order valence-corrected chi connectivity index (χ0v) is 15.3. The molecule has 3 N–H and O–H groups in total. The van der Waals surface area contributed by atoms with Crippen LogP contribution in [0.15, 0.2) is 11.6 Å². The van der Waals surface area contributed by atoms with Gasteiger partial charge in [-0.05, 0) is 68.8 Å². The van der Waals surface area contributed by atoms with Crippen molar-refractivity contribution in [2.24, 2.45) is 34.5 Å². The van der Waals surface area contributed by atoms with Crippen LogP contribution >= 0.6 is 0 Å². The van der Waals surface area contributed by atoms with Crippen molar-refractivity contribution in [3.63, 3.8) is 0 Å². The van der Waals surface area contributed by atoms with E-state index in [0.29, 0.717) is 18.3 Å². The van der Waals surface area contributed by atoms with Crippen molar-refractivity contribution >= 4 is 11.6 Å². The number of rotatable bonds is 4. The van der Waals surface area contributed by atoms with Gasteiger partial charge in [0.15, 0.2) is 11.6 Å². The predicted octanol–water partition coefficient (Wildman–Crippen LogP) is 1.64. The van der Waals surface area contributed by atoms with Crippen molar-refractivity contribution in [3.8, 4) is 0 Å². The molecule has 4 aliphatic rings. The number of aliphatic hydroxyl groups excluding tert-OH is 3. The molecule has 0 spiro atoms. The molecular weight excluding hydrogens is 332 g/mol. The second-order valence-corrected chi connectivity index (χ2v) is 9.05. The van der Waals surface area contributed by atoms with Gasteiger partial charge in [0.05, 0.1) is 6.61 Å². The second kappa shape index (κ2) is 6.54. The Morgan fingerprint density at radius 1 is 1.00 bits per heavy atom. The fourth-order valence-electron chi connectivity index (χ4n) is 7.37. The van der Waals surface area contributed by atoms with E-state index in [0.717, 1.165) is 50.5 Å². The number of aliphatic hydroxyl groups is 3. The maximum Gasteiger partial charge on any atom is 0.161 e. The van der Waals surface area contributed by atoms with Gasteiger partial charge in [-0.2, -0.15) is 0 Å². The summed E-state index contributed by atoms with van der Waals surface area (Å²) in [6.07, 6.45) is 8.15. The summed E-state index contributed by atoms with van der Waals surface area (Å²) < 4.78 is 0. The lowest BCUT2D eigenvalue weighted by Gasteiger charge is -2.58. The van der Waals surface area contributed by atoms with E-state index in [1.54, 1.807) is 6.08 Å². The van der Waals surface area contributed by atoms with Crippen molar-refractivity contribution in [3.05, 3.63) is 11.6 Å². The SMILES string of the molecule is O=C1C=C2CC[C@@H]3[C@H](CC[C@]4(CO)[C@@H](C(=O)CO)CC[C@@H]34)[C@@]2(CO)CC1. The summed E-state index contributed by atoms with van der Waals surface area (Å²) in [6.45, 7) is -0.349. The van der Waals surface area contributed by atoms with Gasteiger partial charge in [0.2, 0.25) is 0 Å². The fourth-order valence-corrected chi connectivity index (χ4v) is 7.37. The number of Topliss-reactive ketones (excluding diaryl/α,β-unsaturated/α-hetero) is 1. The lowest BCUT2D eigenvalue weighted by molar-refractivity contribution is -0.140. The third kappa shape index (κ3) is 2.33. The van der Waals surface area contributed by atoms with Crippen LogP contribution in [-0.4, -0.2) is 46.7 Å². The van der Waals surface area contributed by atoms with Crippen molar-refractivity contribution in [1.82, 2.24) is 0 Å². The molecule has 0 aliphatic heterocycles. The summed E-state index contributed by atoms with van der Waals surface area (Å²) in [5.41, 5.74) is 0.455. The zero-order valence-electron chi connectivity index (χ0n) is 15.3. The average molecular weight is 362 g/mol. The Morgan fingerprint density at radius 3 is 2.50 bits per heavy atom. The van der Waals surface area contributed by atoms with E-state index >= 15 is 0 Å². The smallest absolute Gasteiger partial charge is 0.161 e. The molecule has 6 atom stereocenters. The lowest BCUT2D eigenvalue weighted by atomic mass is 9.46. The Bertz CT molecular complexity index is 640. The van der Waals surface area contributed by atoms with Gasteiger partial charge in [-0.1, -0.05) is 5.57 Å². The number of hydrogen-bond donors (Lipinski definition) is 3. The first-order valence-electron chi connectivity index (χ1n) is 10.1. The van der Waals surface area contributed by atoms with E-state index in [1.807, 2.05) is 0 Å². The first-order chi connectivity index (χ1) is 12.5. The highest BCUT2D eigenvalue weighted by atomic mass is 16.3. The van der Waals surface area contributed by atoms with Crippen molar-refractivity contribution in [2.75, 3.05) is 19.8 Å². The summed E-state index contributed by atoms with van der Waals surface area (Å²) in [4.78, 5) is 24.2. The standard InChI is InChI=1S/C21H30O5/c22-10-19(26)18-4-3-16-15-2-1-13-9-14(25)5-7-20(13,11-23)17(15)6-8-21(16,18)12-24/h9,15-18,22-24H,1-8,10-12H2/t15-,16-,17-,18+,20+,21+/m0/s1. The molecule has 3 fully saturated rings. The highest BCUT2D eigenvalue weighted by molar-refractivity contribution is 5.91. The highest BCUT2D eigenvalue weighted by Gasteiger charge is 2.62. The topological polar surface area (TPSA) is 94.8 Å². The molecule has 4 aliphatic carbocycles. The maximum absolute atomic E-state index is 12.3. The summed E-state index contributed by atoms with van der Waals surface area (Å²) >= 11 is 0. The Morgan fingerprint density at radius 2 is 1.81 bits per heavy atom. The van der Waals surface area contributed by atoms with Gasteiger partial charge in [-0.25, -0.2) is 0 Å². The summed E-state index contributed by atoms with van der Waals surface area (Å²) in [6, 6.07) is 0. The van der Waals surface area contributed by atoms with Crippen LogP contribution in [0.25, 0.3) is 0 Å². The monoisotopic (exact) mass is 362 g/mol. The van der Waals surface area contributed by atoms with Crippen molar-refractivity contribution in [1.29, 1.82) is 0 Å². The predicted molar refractivity (Wildman–Crippen MR) is 95.1 cm³/mol. The molecule has 5 heteroatoms. The molecule has 0 unspecified atom stereocenters. The molecule has 0 radical (unpaired) electrons. The number of carbonyl (C=O) groups excluding carboxylic acids is 2. The maximum atomic E-state index is 12.3. The molecule has 0 aromatic carbocycles. The molecule has 3 saturated carbocycles. The minimum Gasteiger partial charge on any atom is -0.396 e. The second-order valence-electron chi connectivity index (χ2n) is 9.05. The van der Waals surface area contributed by atoms with E-state index in [9.17, 15) is 24.9 Å². The van der Waals surface area contributed by atoms with Crippen molar-refractivity contribution in [2.45, 2.75) is 51.4 Å². The van der Waals surface area contributed by atoms with Crippen LogP contribution in [0.2, 0.25) is 0 Å². The van der Waals surface area contributed by atoms with Crippen LogP contribution in [-0.2, 0) is 9.59 Å². The molecule has 26 heavy (non-hydrogen) atoms. The first kappa shape index (κ1) is 18.3. The normalized spacial score (nSPS) is 44.7. The summed E-state index contributed by atoms with van der Waals surface area (Å²) in [5, 5.41) is 30.0. The van der Waals surface area contributed by atoms with Crippen LogP contribution in [0.5, 0.6) is 0 Å². The van der Waals surface area contributed by atoms with E-state index < -0.39 is 12.0 Å². The van der Waals surface area contributed by atoms with E-state index in [2.05, 4.69) is 0 Å². The van der Waals surface area contributed by atoms with Gasteiger partial charge in [0, 0.05) is 29.8 Å². The van der Waals surface area contributed by atoms with Crippen LogP contribution in [0.3, 0.4) is 0 Å². The summed E-state index contributed by atoms with van der Waals surface area (Å²) in [7, 11) is 0. The number of ketones is 2. The quantitative estimate of drug-likeness (QED) is 0.707. The number of carbonyl (C=O) groups is 2. The molecule has 0 aromatic heterocycles. The van der Waals surface area contributed by atoms with E-state index in [4.69, 9.17) is 0 Å². The van der Waals surface area contributed by atoms with Crippen LogP contribution in [0.1, 0.15) is 51.4 Å². The first-order valence-corrected chi connectivity index (χ1v) is 10.1. The Labute approximate surface area is 154 Å². The third-order valence-corrected chi connectivity index (χ3v) is 8.52. The molecule has 4 rings (SSSR count). The Hall–Kier alpha value is -1.04. The van der Waals surface area contributed by atoms with Crippen LogP contribution in [0.4, 0.5) is 0 Å². The lowest BCUT2D eigenvalue weighted by Crippen LogP contribution is -2.55. The van der Waals surface area contributed by atoms with Gasteiger partial charge in [0.25, 0.3) is 0 Å². The largest absolute Gasteiger partial charge is 0.396 e. The third-order valence-electron chi connectivity index (χ3n) is 8.52. The molecule has 144 valence electrons. The minimum absolute atomic E-state index is 0.00456. The van der Waals surface area contributed by atoms with Crippen LogP contribution < -0.4 is 0 Å². The Kier molecular flexibility index (Phi) is 4.61. The highest BCUT2D eigenvalue weighted by Crippen LogP contribution is 2.66. The number of fused-ring (bicyclic) bond motifs is 5. The molecular formula is C21H30O5. The zero-order chi connectivity index (χ0) is 18.5. The fraction of sp³-hybridized carbons (Fsp3) is 0.810. The molecule has 0 amide bonds. The van der Waals surface area contributed by atoms with E-state index in [-0.39, 0.29) is 42.0 Å². The van der Waals surface area contributed by atoms with Crippen molar-refractivity contribution < 1.29 is 24.9 Å². The van der Waals surface area contributed by atoms with Gasteiger partial charge >= 0.3 is 0 Å². The number of hydrogen-bond acceptors (Lipinski definition) is 5. The molecule has 0 heterocycles. The average Bonchev–Trinajstić information content (AvgIpc) is 3.07. The van der Waals surface area contributed by atoms with Gasteiger partial charge in [-0.15, -0.1) is 0 Å². The van der Waals surface area contributed by atoms with Gasteiger partial charge in [0.1, 0.15) is 6.61 Å².